The van der Waals surface area contributed by atoms with Gasteiger partial charge in [-0.15, -0.1) is 0 Å². The largest absolute Gasteiger partial charge is 0.481 e. The van der Waals surface area contributed by atoms with E-state index in [1.54, 1.807) is 0 Å². The highest BCUT2D eigenvalue weighted by molar-refractivity contribution is 5.80. The lowest BCUT2D eigenvalue weighted by atomic mass is 10.2. The van der Waals surface area contributed by atoms with Gasteiger partial charge in [-0.1, -0.05) is 0 Å². The second-order valence-electron chi connectivity index (χ2n) is 9.51. The van der Waals surface area contributed by atoms with Crippen molar-refractivity contribution in [1.82, 2.24) is 0 Å². The maximum Gasteiger partial charge on any atom is 0.306 e. The molecule has 0 bridgehead atoms. The summed E-state index contributed by atoms with van der Waals surface area (Å²) < 4.78 is 4.33. The zero-order valence-electron chi connectivity index (χ0n) is 33.1. The molecule has 59 heavy (non-hydrogen) atoms. The molecule has 0 saturated heterocycles. The maximum absolute atomic E-state index is 10.1. The van der Waals surface area contributed by atoms with Crippen LogP contribution in [-0.4, -0.2) is 174 Å². The van der Waals surface area contributed by atoms with E-state index in [4.69, 9.17) is 76.7 Å². The number of ketones is 2. The summed E-state index contributed by atoms with van der Waals surface area (Å²) in [6.07, 6.45) is -1.05. The second kappa shape index (κ2) is 61.4. The fourth-order valence-electron chi connectivity index (χ4n) is 1.54. The molecular formula is C30H60O29. The zero-order valence-corrected chi connectivity index (χ0v) is 33.1. The summed E-state index contributed by atoms with van der Waals surface area (Å²) in [5, 5.41) is 107. The summed E-state index contributed by atoms with van der Waals surface area (Å²) in [5.41, 5.74) is 0. The highest BCUT2D eigenvalue weighted by Gasteiger charge is 2.21. The van der Waals surface area contributed by atoms with Crippen molar-refractivity contribution >= 4 is 65.3 Å². The maximum atomic E-state index is 10.1. The average Bonchev–Trinajstić information content (AvgIpc) is 3.07. The Morgan fingerprint density at radius 3 is 0.847 bits per heavy atom. The number of hydrogen-bond donors (Lipinski definition) is 14. The van der Waals surface area contributed by atoms with E-state index in [9.17, 15) is 47.9 Å². The van der Waals surface area contributed by atoms with E-state index in [0.29, 0.717) is 0 Å². The highest BCUT2D eigenvalue weighted by atomic mass is 17.1. The number of carbonyl (C=O) groups is 11. The average molecular weight is 885 g/mol. The number of esters is 1. The lowest BCUT2D eigenvalue weighted by Crippen LogP contribution is -2.27. The minimum absolute atomic E-state index is 0. The van der Waals surface area contributed by atoms with Gasteiger partial charge in [-0.2, -0.15) is 0 Å². The molecule has 0 aliphatic rings. The van der Waals surface area contributed by atoms with Crippen LogP contribution in [0.25, 0.3) is 0 Å². The lowest BCUT2D eigenvalue weighted by molar-refractivity contribution is -0.386. The van der Waals surface area contributed by atoms with Crippen molar-refractivity contribution in [3.8, 4) is 0 Å². The molecule has 1 unspecified atom stereocenters. The number of ether oxygens (including phenoxy) is 1. The third kappa shape index (κ3) is 178. The number of carboxylic acids is 8. The van der Waals surface area contributed by atoms with E-state index >= 15 is 0 Å². The summed E-state index contributed by atoms with van der Waals surface area (Å²) in [4.78, 5) is 111. The van der Waals surface area contributed by atoms with Crippen molar-refractivity contribution < 1.29 is 145 Å². The van der Waals surface area contributed by atoms with Gasteiger partial charge in [-0.05, 0) is 20.8 Å². The number of rotatable bonds is 18. The highest BCUT2D eigenvalue weighted by Crippen LogP contribution is 2.11. The Morgan fingerprint density at radius 2 is 0.712 bits per heavy atom. The number of aliphatic hydroxyl groups is 3. The molecule has 0 radical (unpaired) electrons. The van der Waals surface area contributed by atoms with Gasteiger partial charge in [-0.3, -0.25) is 53.7 Å². The van der Waals surface area contributed by atoms with Crippen LogP contribution < -0.4 is 0 Å². The SMILES string of the molecule is CC(=O)CCC(=O)O.CC(=O)CCC(=O)O.CC(=O)O.CC(=O)OCCC(=O)O.CC(O)(CCC(=O)O)OO.CO.O.O.O=C(O)CCC(=O)O.O=C(O)CCO.OO. The number of aliphatic carboxylic acids is 8. The molecule has 29 heteroatoms. The van der Waals surface area contributed by atoms with Gasteiger partial charge in [0.1, 0.15) is 18.2 Å². The van der Waals surface area contributed by atoms with Crippen LogP contribution in [0.4, 0.5) is 0 Å². The molecule has 0 amide bonds. The van der Waals surface area contributed by atoms with Crippen molar-refractivity contribution in [3.05, 3.63) is 0 Å². The Hall–Kier alpha value is -5.79. The van der Waals surface area contributed by atoms with Gasteiger partial charge >= 0.3 is 47.8 Å². The van der Waals surface area contributed by atoms with Crippen molar-refractivity contribution in [3.63, 3.8) is 0 Å². The van der Waals surface area contributed by atoms with E-state index in [1.165, 1.54) is 27.7 Å². The van der Waals surface area contributed by atoms with Crippen LogP contribution in [0.15, 0.2) is 0 Å². The van der Waals surface area contributed by atoms with Crippen molar-refractivity contribution in [2.45, 2.75) is 105 Å². The first kappa shape index (κ1) is 81.4. The van der Waals surface area contributed by atoms with Crippen molar-refractivity contribution in [1.29, 1.82) is 0 Å². The molecule has 0 heterocycles. The van der Waals surface area contributed by atoms with Crippen LogP contribution in [0, 0.1) is 0 Å². The summed E-state index contributed by atoms with van der Waals surface area (Å²) in [7, 11) is 1.00. The van der Waals surface area contributed by atoms with Crippen molar-refractivity contribution in [2.75, 3.05) is 20.3 Å². The number of hydrogen-bond acceptors (Lipinski definition) is 19. The predicted octanol–water partition coefficient (Wildman–Crippen LogP) is -1.59. The van der Waals surface area contributed by atoms with Gasteiger partial charge in [0, 0.05) is 40.2 Å². The van der Waals surface area contributed by atoms with Crippen molar-refractivity contribution in [2.24, 2.45) is 0 Å². The Morgan fingerprint density at radius 1 is 0.475 bits per heavy atom. The zero-order chi connectivity index (χ0) is 47.8. The first-order valence-electron chi connectivity index (χ1n) is 15.1. The standard InChI is InChI=1S/C5H10O5.C5H8O4.2C5H8O3.C4H6O4.C3H6O3.C2H4O2.CH4O.H2O2.2H2O/c1-5(8,10-9)3-2-4(6)7;1-4(6)9-3-2-5(7)8;2*1-4(6)2-3-5(7)8;5-3(6)1-2-4(7)8;4-2-1-3(5)6;1-2(3)4;2*1-2;;/h8-9H,2-3H2,1H3,(H,6,7);2-3H2,1H3,(H,7,8);2*2-3H2,1H3,(H,7,8);1-2H2,(H,5,6)(H,7,8);4H,1-2H2,(H,5,6);1H3,(H,3,4);2H,1H3;1-2H;2*1H2. The minimum Gasteiger partial charge on any atom is -0.481 e. The summed E-state index contributed by atoms with van der Waals surface area (Å²) >= 11 is 0. The minimum atomic E-state index is -1.75. The molecule has 0 aromatic rings. The van der Waals surface area contributed by atoms with Crippen LogP contribution in [-0.2, 0) is 62.4 Å². The van der Waals surface area contributed by atoms with Gasteiger partial charge in [0.25, 0.3) is 5.97 Å². The van der Waals surface area contributed by atoms with Crippen LogP contribution in [0.5, 0.6) is 0 Å². The van der Waals surface area contributed by atoms with E-state index in [0.717, 1.165) is 14.0 Å². The molecule has 18 N–H and O–H groups in total. The van der Waals surface area contributed by atoms with Crippen LogP contribution in [0.1, 0.15) is 98.8 Å². The smallest absolute Gasteiger partial charge is 0.306 e. The summed E-state index contributed by atoms with van der Waals surface area (Å²) in [6.45, 7) is 5.95. The van der Waals surface area contributed by atoms with E-state index in [1.807, 2.05) is 0 Å². The van der Waals surface area contributed by atoms with Crippen LogP contribution in [0.3, 0.4) is 0 Å². The van der Waals surface area contributed by atoms with Gasteiger partial charge < -0.3 is 81.5 Å². The first-order chi connectivity index (χ1) is 26.0. The second-order valence-corrected chi connectivity index (χ2v) is 9.51. The number of Topliss-reactive ketones (excluding diaryl/α,β-unsaturated/α-hetero) is 2. The Bertz CT molecular complexity index is 990. The molecular weight excluding hydrogens is 824 g/mol. The number of carboxylic acid groups (broad SMARTS) is 8. The molecule has 29 nitrogen and oxygen atoms in total. The molecule has 0 spiro atoms. The molecule has 0 aliphatic heterocycles. The summed E-state index contributed by atoms with van der Waals surface area (Å²) in [6, 6.07) is 0. The summed E-state index contributed by atoms with van der Waals surface area (Å²) in [5.74, 6) is -10.1. The Kier molecular flexibility index (Phi) is 84.8. The van der Waals surface area contributed by atoms with Gasteiger partial charge in [0.2, 0.25) is 0 Å². The molecule has 0 aromatic heterocycles. The first-order valence-corrected chi connectivity index (χ1v) is 15.1. The quantitative estimate of drug-likeness (QED) is 0.0319. The van der Waals surface area contributed by atoms with E-state index in [-0.39, 0.29) is 99.9 Å². The molecule has 354 valence electrons. The van der Waals surface area contributed by atoms with Gasteiger partial charge in [-0.25, -0.2) is 10.1 Å². The fourth-order valence-corrected chi connectivity index (χ4v) is 1.54. The molecule has 0 saturated carbocycles. The molecule has 1 atom stereocenters. The van der Waals surface area contributed by atoms with Crippen LogP contribution in [0.2, 0.25) is 0 Å². The van der Waals surface area contributed by atoms with Gasteiger partial charge in [0.05, 0.1) is 51.6 Å². The monoisotopic (exact) mass is 884 g/mol. The normalized spacial score (nSPS) is 9.02. The molecule has 0 fully saturated rings. The van der Waals surface area contributed by atoms with E-state index in [2.05, 4.69) is 9.62 Å². The van der Waals surface area contributed by atoms with Gasteiger partial charge in [0.15, 0.2) is 5.79 Å². The molecule has 0 aromatic carbocycles. The third-order valence-electron chi connectivity index (χ3n) is 3.88. The van der Waals surface area contributed by atoms with Crippen LogP contribution >= 0.6 is 0 Å². The Labute approximate surface area is 335 Å². The topological polar surface area (TPSA) is 552 Å². The predicted molar refractivity (Wildman–Crippen MR) is 193 cm³/mol. The number of aliphatic hydroxyl groups excluding tert-OH is 2. The fraction of sp³-hybridized carbons (Fsp3) is 0.633. The Balaban J connectivity index is -0.0000000501. The van der Waals surface area contributed by atoms with E-state index < -0.39 is 59.5 Å². The lowest BCUT2D eigenvalue weighted by Gasteiger charge is -2.16. The third-order valence-corrected chi connectivity index (χ3v) is 3.88. The number of carbonyl (C=O) groups excluding carboxylic acids is 3. The molecule has 0 aliphatic carbocycles. The molecule has 0 rings (SSSR count).